The number of ketones is 1. The lowest BCUT2D eigenvalue weighted by atomic mass is 9.75. The average molecular weight is 422 g/mol. The van der Waals surface area contributed by atoms with E-state index >= 15 is 0 Å². The summed E-state index contributed by atoms with van der Waals surface area (Å²) in [4.78, 5) is 26.1. The van der Waals surface area contributed by atoms with Crippen molar-refractivity contribution in [1.82, 2.24) is 0 Å². The molecule has 0 saturated heterocycles. The van der Waals surface area contributed by atoms with Crippen LogP contribution < -0.4 is 20.1 Å². The summed E-state index contributed by atoms with van der Waals surface area (Å²) in [6, 6.07) is 12.9. The molecular weight excluding hydrogens is 396 g/mol. The van der Waals surface area contributed by atoms with Gasteiger partial charge < -0.3 is 24.8 Å². The van der Waals surface area contributed by atoms with E-state index in [4.69, 9.17) is 14.2 Å². The van der Waals surface area contributed by atoms with Crippen LogP contribution in [0.4, 0.5) is 11.4 Å². The number of nitrogens with one attached hydrogen (secondary N) is 2. The van der Waals surface area contributed by atoms with Crippen LogP contribution in [0.1, 0.15) is 24.9 Å². The maximum atomic E-state index is 13.6. The van der Waals surface area contributed by atoms with E-state index in [-0.39, 0.29) is 11.7 Å². The molecule has 1 aliphatic heterocycles. The van der Waals surface area contributed by atoms with Crippen LogP contribution in [0.3, 0.4) is 0 Å². The molecule has 2 aliphatic rings. The Hall–Kier alpha value is -3.48. The molecule has 2 aromatic rings. The van der Waals surface area contributed by atoms with E-state index in [1.165, 1.54) is 7.11 Å². The first-order valence-corrected chi connectivity index (χ1v) is 10.2. The van der Waals surface area contributed by atoms with Crippen molar-refractivity contribution in [3.63, 3.8) is 0 Å². The number of Topliss-reactive ketones (excluding diaryl/α,β-unsaturated/α-hetero) is 1. The van der Waals surface area contributed by atoms with Crippen LogP contribution in [0, 0.1) is 11.8 Å². The third-order valence-corrected chi connectivity index (χ3v) is 5.97. The number of allylic oxidation sites excluding steroid dienone is 1. The van der Waals surface area contributed by atoms with E-state index in [0.717, 1.165) is 22.6 Å². The van der Waals surface area contributed by atoms with Crippen molar-refractivity contribution in [2.24, 2.45) is 11.8 Å². The van der Waals surface area contributed by atoms with E-state index in [9.17, 15) is 9.59 Å². The first-order valence-electron chi connectivity index (χ1n) is 10.2. The summed E-state index contributed by atoms with van der Waals surface area (Å²) in [6.07, 6.45) is 0.556. The summed E-state index contributed by atoms with van der Waals surface area (Å²) in [5.41, 5.74) is 3.93. The van der Waals surface area contributed by atoms with Crippen LogP contribution in [0.5, 0.6) is 11.5 Å². The van der Waals surface area contributed by atoms with Crippen LogP contribution in [0.2, 0.25) is 0 Å². The van der Waals surface area contributed by atoms with E-state index in [1.807, 2.05) is 49.4 Å². The quantitative estimate of drug-likeness (QED) is 0.570. The summed E-state index contributed by atoms with van der Waals surface area (Å²) in [5.74, 6) is -0.581. The summed E-state index contributed by atoms with van der Waals surface area (Å²) in [6.45, 7) is 1.90. The van der Waals surface area contributed by atoms with Gasteiger partial charge >= 0.3 is 5.97 Å². The molecule has 1 heterocycles. The molecule has 0 unspecified atom stereocenters. The molecule has 0 fully saturated rings. The number of carbonyl (C=O) groups is 2. The van der Waals surface area contributed by atoms with Gasteiger partial charge in [-0.1, -0.05) is 25.1 Å². The predicted molar refractivity (Wildman–Crippen MR) is 117 cm³/mol. The molecule has 7 nitrogen and oxygen atoms in total. The number of fused-ring (bicyclic) bond motifs is 1. The minimum Gasteiger partial charge on any atom is -0.493 e. The molecule has 0 amide bonds. The zero-order valence-corrected chi connectivity index (χ0v) is 18.0. The zero-order chi connectivity index (χ0) is 22.1. The van der Waals surface area contributed by atoms with Gasteiger partial charge in [0.15, 0.2) is 17.3 Å². The molecule has 0 bridgehead atoms. The lowest BCUT2D eigenvalue weighted by Crippen LogP contribution is -2.39. The highest BCUT2D eigenvalue weighted by atomic mass is 16.5. The number of para-hydroxylation sites is 2. The highest BCUT2D eigenvalue weighted by molar-refractivity contribution is 6.11. The van der Waals surface area contributed by atoms with Gasteiger partial charge in [-0.3, -0.25) is 9.59 Å². The maximum absolute atomic E-state index is 13.6. The first-order chi connectivity index (χ1) is 15.0. The Kier molecular flexibility index (Phi) is 5.59. The van der Waals surface area contributed by atoms with E-state index < -0.39 is 17.9 Å². The number of hydrogen-bond acceptors (Lipinski definition) is 7. The van der Waals surface area contributed by atoms with Crippen molar-refractivity contribution in [3.05, 3.63) is 59.3 Å². The van der Waals surface area contributed by atoms with Crippen LogP contribution >= 0.6 is 0 Å². The lowest BCUT2D eigenvalue weighted by Gasteiger charge is -2.32. The van der Waals surface area contributed by atoms with Crippen LogP contribution in [0.15, 0.2) is 53.7 Å². The fourth-order valence-corrected chi connectivity index (χ4v) is 4.42. The molecule has 162 valence electrons. The summed E-state index contributed by atoms with van der Waals surface area (Å²) < 4.78 is 15.8. The Morgan fingerprint density at radius 3 is 2.39 bits per heavy atom. The molecular formula is C24H26N2O5. The Morgan fingerprint density at radius 1 is 1.00 bits per heavy atom. The highest BCUT2D eigenvalue weighted by Crippen LogP contribution is 2.44. The number of benzene rings is 2. The van der Waals surface area contributed by atoms with Crippen molar-refractivity contribution in [3.8, 4) is 11.5 Å². The largest absolute Gasteiger partial charge is 0.493 e. The van der Waals surface area contributed by atoms with Gasteiger partial charge in [-0.15, -0.1) is 0 Å². The predicted octanol–water partition coefficient (Wildman–Crippen LogP) is 3.93. The lowest BCUT2D eigenvalue weighted by molar-refractivity contribution is -0.151. The third kappa shape index (κ3) is 3.60. The summed E-state index contributed by atoms with van der Waals surface area (Å²) in [5, 5.41) is 6.94. The number of ether oxygens (including phenoxy) is 3. The molecule has 2 N–H and O–H groups in total. The second-order valence-electron chi connectivity index (χ2n) is 7.80. The number of rotatable bonds is 4. The Labute approximate surface area is 181 Å². The van der Waals surface area contributed by atoms with Gasteiger partial charge in [0.25, 0.3) is 0 Å². The van der Waals surface area contributed by atoms with Gasteiger partial charge in [0.2, 0.25) is 0 Å². The molecule has 7 heteroatoms. The zero-order valence-electron chi connectivity index (χ0n) is 18.0. The van der Waals surface area contributed by atoms with Crippen LogP contribution in [0.25, 0.3) is 0 Å². The van der Waals surface area contributed by atoms with E-state index in [1.54, 1.807) is 14.2 Å². The third-order valence-electron chi connectivity index (χ3n) is 5.97. The Morgan fingerprint density at radius 2 is 1.71 bits per heavy atom. The van der Waals surface area contributed by atoms with Crippen molar-refractivity contribution in [1.29, 1.82) is 0 Å². The standard InChI is InChI=1S/C24H26N2O5/c1-13-11-17-21(23(27)20(13)24(28)31-4)22(26-16-8-6-5-7-15(16)25-17)14-9-10-18(29-2)19(12-14)30-3/h5-10,12-13,20,22,25-26H,11H2,1-4H3/t13-,20+,22+/m0/s1. The number of esters is 1. The number of carbonyl (C=O) groups excluding carboxylic acids is 2. The monoisotopic (exact) mass is 422 g/mol. The second kappa shape index (κ2) is 8.34. The normalized spacial score (nSPS) is 22.3. The van der Waals surface area contributed by atoms with Crippen molar-refractivity contribution in [2.75, 3.05) is 32.0 Å². The smallest absolute Gasteiger partial charge is 0.316 e. The van der Waals surface area contributed by atoms with Crippen molar-refractivity contribution >= 4 is 23.1 Å². The topological polar surface area (TPSA) is 85.9 Å². The van der Waals surface area contributed by atoms with Crippen LogP contribution in [-0.4, -0.2) is 33.1 Å². The van der Waals surface area contributed by atoms with Crippen molar-refractivity contribution < 1.29 is 23.8 Å². The molecule has 0 spiro atoms. The van der Waals surface area contributed by atoms with Gasteiger partial charge in [-0.2, -0.15) is 0 Å². The fraction of sp³-hybridized carbons (Fsp3) is 0.333. The number of anilines is 2. The maximum Gasteiger partial charge on any atom is 0.316 e. The van der Waals surface area contributed by atoms with Gasteiger partial charge in [0.1, 0.15) is 5.92 Å². The molecule has 2 aromatic carbocycles. The SMILES string of the molecule is COC(=O)[C@H]1C(=O)C2=C(C[C@@H]1C)Nc1ccccc1N[C@@H]2c1ccc(OC)c(OC)c1. The molecule has 3 atom stereocenters. The number of hydrogen-bond donors (Lipinski definition) is 2. The molecule has 0 aromatic heterocycles. The van der Waals surface area contributed by atoms with Gasteiger partial charge in [-0.05, 0) is 42.2 Å². The minimum atomic E-state index is -0.837. The Bertz CT molecular complexity index is 1060. The van der Waals surface area contributed by atoms with Gasteiger partial charge in [0.05, 0.1) is 38.7 Å². The number of methoxy groups -OCH3 is 3. The van der Waals surface area contributed by atoms with Crippen LogP contribution in [-0.2, 0) is 14.3 Å². The van der Waals surface area contributed by atoms with E-state index in [0.29, 0.717) is 23.5 Å². The molecule has 0 radical (unpaired) electrons. The summed E-state index contributed by atoms with van der Waals surface area (Å²) in [7, 11) is 4.47. The van der Waals surface area contributed by atoms with Gasteiger partial charge in [-0.25, -0.2) is 0 Å². The Balaban J connectivity index is 1.88. The molecule has 31 heavy (non-hydrogen) atoms. The average Bonchev–Trinajstić information content (AvgIpc) is 2.94. The van der Waals surface area contributed by atoms with Crippen molar-refractivity contribution in [2.45, 2.75) is 19.4 Å². The van der Waals surface area contributed by atoms with E-state index in [2.05, 4.69) is 10.6 Å². The fourth-order valence-electron chi connectivity index (χ4n) is 4.42. The molecule has 1 aliphatic carbocycles. The molecule has 0 saturated carbocycles. The minimum absolute atomic E-state index is 0.178. The molecule has 4 rings (SSSR count). The first kappa shape index (κ1) is 20.8. The highest BCUT2D eigenvalue weighted by Gasteiger charge is 2.44. The summed E-state index contributed by atoms with van der Waals surface area (Å²) >= 11 is 0. The second-order valence-corrected chi connectivity index (χ2v) is 7.80. The van der Waals surface area contributed by atoms with Gasteiger partial charge in [0, 0.05) is 11.3 Å².